The average Bonchev–Trinajstić information content (AvgIpc) is 3.12. The molecule has 144 valence electrons. The minimum Gasteiger partial charge on any atom is -0.313 e. The van der Waals surface area contributed by atoms with Gasteiger partial charge in [0.05, 0.1) is 10.6 Å². The quantitative estimate of drug-likeness (QED) is 0.429. The number of hydrogen-bond donors (Lipinski definition) is 0. The number of nitro benzene ring substituents is 1. The molecule has 2 heterocycles. The van der Waals surface area contributed by atoms with E-state index in [4.69, 9.17) is 4.99 Å². The Morgan fingerprint density at radius 2 is 2.04 bits per heavy atom. The van der Waals surface area contributed by atoms with Crippen LogP contribution in [-0.2, 0) is 0 Å². The molecule has 0 amide bonds. The van der Waals surface area contributed by atoms with Crippen LogP contribution >= 0.6 is 11.3 Å². The Morgan fingerprint density at radius 3 is 2.79 bits per heavy atom. The number of pyridine rings is 1. The van der Waals surface area contributed by atoms with Crippen LogP contribution in [0.1, 0.15) is 43.7 Å². The molecule has 1 aromatic carbocycles. The van der Waals surface area contributed by atoms with Crippen molar-refractivity contribution in [3.8, 4) is 11.3 Å². The minimum absolute atomic E-state index is 0.109. The molecule has 1 aliphatic carbocycles. The Morgan fingerprint density at radius 1 is 1.21 bits per heavy atom. The van der Waals surface area contributed by atoms with Gasteiger partial charge in [0.2, 0.25) is 0 Å². The number of hydrogen-bond acceptors (Lipinski definition) is 5. The Labute approximate surface area is 167 Å². The van der Waals surface area contributed by atoms with Gasteiger partial charge in [-0.05, 0) is 37.5 Å². The summed E-state index contributed by atoms with van der Waals surface area (Å²) in [6, 6.07) is 11.1. The van der Waals surface area contributed by atoms with Crippen molar-refractivity contribution in [1.29, 1.82) is 0 Å². The molecule has 0 radical (unpaired) electrons. The molecule has 0 N–H and O–H groups in total. The molecule has 0 saturated heterocycles. The summed E-state index contributed by atoms with van der Waals surface area (Å²) in [7, 11) is 0. The van der Waals surface area contributed by atoms with Gasteiger partial charge in [-0.2, -0.15) is 0 Å². The van der Waals surface area contributed by atoms with E-state index in [0.29, 0.717) is 11.9 Å². The number of aromatic nitrogens is 2. The lowest BCUT2D eigenvalue weighted by Crippen LogP contribution is -2.23. The van der Waals surface area contributed by atoms with Crippen LogP contribution in [0.25, 0.3) is 11.3 Å². The third-order valence-corrected chi connectivity index (χ3v) is 5.99. The Kier molecular flexibility index (Phi) is 5.34. The fourth-order valence-corrected chi connectivity index (χ4v) is 4.74. The molecule has 1 fully saturated rings. The molecule has 0 spiro atoms. The topological polar surface area (TPSA) is 73.3 Å². The van der Waals surface area contributed by atoms with Crippen molar-refractivity contribution < 1.29 is 4.92 Å². The number of thiazole rings is 1. The molecular formula is C21H22N4O2S. The first-order chi connectivity index (χ1) is 13.6. The van der Waals surface area contributed by atoms with Gasteiger partial charge in [0.1, 0.15) is 0 Å². The number of nitrogens with zero attached hydrogens (tertiary/aromatic N) is 4. The van der Waals surface area contributed by atoms with Gasteiger partial charge in [0, 0.05) is 35.3 Å². The van der Waals surface area contributed by atoms with Crippen LogP contribution in [0.15, 0.2) is 53.0 Å². The number of non-ortho nitro benzene ring substituents is 1. The van der Waals surface area contributed by atoms with Gasteiger partial charge in [0.25, 0.3) is 5.69 Å². The van der Waals surface area contributed by atoms with E-state index >= 15 is 0 Å². The fourth-order valence-electron chi connectivity index (χ4n) is 3.76. The minimum atomic E-state index is -0.344. The maximum absolute atomic E-state index is 11.2. The van der Waals surface area contributed by atoms with Gasteiger partial charge in [-0.25, -0.2) is 9.98 Å². The summed E-state index contributed by atoms with van der Waals surface area (Å²) in [6.45, 7) is 2.03. The van der Waals surface area contributed by atoms with Crippen LogP contribution in [0.4, 0.5) is 11.5 Å². The van der Waals surface area contributed by atoms with Gasteiger partial charge in [-0.1, -0.05) is 31.4 Å². The van der Waals surface area contributed by atoms with E-state index in [1.54, 1.807) is 29.7 Å². The van der Waals surface area contributed by atoms with Crippen molar-refractivity contribution in [2.45, 2.75) is 45.1 Å². The normalized spacial score (nSPS) is 15.7. The maximum Gasteiger partial charge on any atom is 0.270 e. The molecule has 28 heavy (non-hydrogen) atoms. The van der Waals surface area contributed by atoms with Crippen LogP contribution in [0.3, 0.4) is 0 Å². The van der Waals surface area contributed by atoms with Gasteiger partial charge in [0.15, 0.2) is 10.6 Å². The molecule has 3 aromatic rings. The average molecular weight is 395 g/mol. The second kappa shape index (κ2) is 8.06. The third kappa shape index (κ3) is 3.89. The van der Waals surface area contributed by atoms with Crippen LogP contribution in [0.5, 0.6) is 0 Å². The first-order valence-corrected chi connectivity index (χ1v) is 10.4. The van der Waals surface area contributed by atoms with Crippen molar-refractivity contribution in [3.05, 3.63) is 68.5 Å². The Balaban J connectivity index is 1.86. The largest absolute Gasteiger partial charge is 0.313 e. The zero-order chi connectivity index (χ0) is 19.5. The molecule has 0 atom stereocenters. The number of benzene rings is 1. The van der Waals surface area contributed by atoms with Crippen LogP contribution in [-0.4, -0.2) is 14.5 Å². The number of nitro groups is 1. The molecule has 2 aromatic heterocycles. The van der Waals surface area contributed by atoms with E-state index in [-0.39, 0.29) is 10.6 Å². The van der Waals surface area contributed by atoms with E-state index in [0.717, 1.165) is 34.5 Å². The van der Waals surface area contributed by atoms with Gasteiger partial charge in [-0.15, -0.1) is 11.3 Å². The van der Waals surface area contributed by atoms with Gasteiger partial charge in [-0.3, -0.25) is 10.1 Å². The van der Waals surface area contributed by atoms with Crippen molar-refractivity contribution in [2.24, 2.45) is 4.99 Å². The lowest BCUT2D eigenvalue weighted by molar-refractivity contribution is -0.384. The summed E-state index contributed by atoms with van der Waals surface area (Å²) in [4.78, 5) is 21.0. The summed E-state index contributed by atoms with van der Waals surface area (Å²) < 4.78 is 2.27. The predicted molar refractivity (Wildman–Crippen MR) is 111 cm³/mol. The van der Waals surface area contributed by atoms with Gasteiger partial charge < -0.3 is 4.57 Å². The molecule has 0 bridgehead atoms. The maximum atomic E-state index is 11.2. The SMILES string of the molecule is Cc1ccnc(N=c2scc(-c3cccc([N+](=O)[O-])c3)n2C2CCCCC2)c1. The van der Waals surface area contributed by atoms with Crippen LogP contribution in [0, 0.1) is 17.0 Å². The highest BCUT2D eigenvalue weighted by Crippen LogP contribution is 2.33. The van der Waals surface area contributed by atoms with Gasteiger partial charge >= 0.3 is 0 Å². The highest BCUT2D eigenvalue weighted by molar-refractivity contribution is 7.07. The van der Waals surface area contributed by atoms with E-state index in [2.05, 4.69) is 14.9 Å². The smallest absolute Gasteiger partial charge is 0.270 e. The third-order valence-electron chi connectivity index (χ3n) is 5.15. The summed E-state index contributed by atoms with van der Waals surface area (Å²) in [5.74, 6) is 0.692. The second-order valence-corrected chi connectivity index (χ2v) is 8.01. The standard InChI is InChI=1S/C21H22N4O2S/c1-15-10-11-22-20(12-15)23-21-24(17-7-3-2-4-8-17)19(14-28-21)16-6-5-9-18(13-16)25(26)27/h5-6,9-14,17H,2-4,7-8H2,1H3. The lowest BCUT2D eigenvalue weighted by Gasteiger charge is -2.25. The van der Waals surface area contributed by atoms with Crippen molar-refractivity contribution in [1.82, 2.24) is 9.55 Å². The highest BCUT2D eigenvalue weighted by atomic mass is 32.1. The van der Waals surface area contributed by atoms with E-state index in [1.807, 2.05) is 25.1 Å². The van der Waals surface area contributed by atoms with Crippen molar-refractivity contribution >= 4 is 22.8 Å². The summed E-state index contributed by atoms with van der Waals surface area (Å²) in [5.41, 5.74) is 3.08. The molecule has 1 saturated carbocycles. The first-order valence-electron chi connectivity index (χ1n) is 9.54. The molecule has 4 rings (SSSR count). The van der Waals surface area contributed by atoms with E-state index in [9.17, 15) is 10.1 Å². The predicted octanol–water partition coefficient (Wildman–Crippen LogP) is 5.57. The molecule has 6 nitrogen and oxygen atoms in total. The zero-order valence-electron chi connectivity index (χ0n) is 15.7. The fraction of sp³-hybridized carbons (Fsp3) is 0.333. The Hall–Kier alpha value is -2.80. The molecule has 0 unspecified atom stereocenters. The highest BCUT2D eigenvalue weighted by Gasteiger charge is 2.21. The zero-order valence-corrected chi connectivity index (χ0v) is 16.6. The van der Waals surface area contributed by atoms with Crippen molar-refractivity contribution in [2.75, 3.05) is 0 Å². The Bertz CT molecular complexity index is 1060. The van der Waals surface area contributed by atoms with Crippen molar-refractivity contribution in [3.63, 3.8) is 0 Å². The molecular weight excluding hydrogens is 372 g/mol. The van der Waals surface area contributed by atoms with E-state index < -0.39 is 0 Å². The molecule has 1 aliphatic rings. The molecule has 7 heteroatoms. The molecule has 0 aliphatic heterocycles. The van der Waals surface area contributed by atoms with Crippen LogP contribution < -0.4 is 4.80 Å². The summed E-state index contributed by atoms with van der Waals surface area (Å²) in [6.07, 6.45) is 7.64. The lowest BCUT2D eigenvalue weighted by atomic mass is 9.95. The number of aryl methyl sites for hydroxylation is 1. The van der Waals surface area contributed by atoms with Crippen LogP contribution in [0.2, 0.25) is 0 Å². The monoisotopic (exact) mass is 394 g/mol. The van der Waals surface area contributed by atoms with E-state index in [1.165, 1.54) is 25.3 Å². The second-order valence-electron chi connectivity index (χ2n) is 7.18. The first kappa shape index (κ1) is 18.6. The summed E-state index contributed by atoms with van der Waals surface area (Å²) >= 11 is 1.57. The number of rotatable bonds is 4. The summed E-state index contributed by atoms with van der Waals surface area (Å²) in [5, 5.41) is 13.3.